The number of rotatable bonds is 19. The highest BCUT2D eigenvalue weighted by Gasteiger charge is 2.39. The summed E-state index contributed by atoms with van der Waals surface area (Å²) >= 11 is 0. The van der Waals surface area contributed by atoms with Crippen LogP contribution in [0, 0.1) is 17.8 Å². The first-order valence-corrected chi connectivity index (χ1v) is 14.2. The normalized spacial score (nSPS) is 16.1. The van der Waals surface area contributed by atoms with Crippen LogP contribution in [0.4, 0.5) is 4.79 Å². The third kappa shape index (κ3) is 12.6. The predicted molar refractivity (Wildman–Crippen MR) is 151 cm³/mol. The average molecular weight is 596 g/mol. The maximum Gasteiger partial charge on any atom is 0.312 e. The van der Waals surface area contributed by atoms with Crippen LogP contribution in [0.2, 0.25) is 0 Å². The van der Waals surface area contributed by atoms with E-state index in [1.165, 1.54) is 4.90 Å². The first-order chi connectivity index (χ1) is 19.8. The fraction of sp³-hybridized carbons (Fsp3) is 0.704. The lowest BCUT2D eigenvalue weighted by Crippen LogP contribution is -2.56. The SMILES string of the molecule is CC(C)C1CC(=O)N(CCCC(=O)N[C@H](C(=O)N[C@@H](CCCNC(N)=O)C(=O)NCC(=O)NCCC=O)C(C)C)C1=O. The van der Waals surface area contributed by atoms with Gasteiger partial charge in [-0.3, -0.25) is 33.7 Å². The lowest BCUT2D eigenvalue weighted by Gasteiger charge is -2.25. The molecule has 0 aromatic rings. The second-order valence-corrected chi connectivity index (χ2v) is 10.8. The molecule has 1 unspecified atom stereocenters. The van der Waals surface area contributed by atoms with Gasteiger partial charge in [-0.25, -0.2) is 4.79 Å². The van der Waals surface area contributed by atoms with E-state index in [-0.39, 0.29) is 94.3 Å². The molecule has 15 heteroatoms. The van der Waals surface area contributed by atoms with Crippen molar-refractivity contribution in [3.05, 3.63) is 0 Å². The van der Waals surface area contributed by atoms with Gasteiger partial charge in [0, 0.05) is 44.8 Å². The van der Waals surface area contributed by atoms with Crippen molar-refractivity contribution >= 4 is 47.8 Å². The molecular weight excluding hydrogens is 550 g/mol. The van der Waals surface area contributed by atoms with E-state index in [9.17, 15) is 38.4 Å². The number of amides is 8. The minimum Gasteiger partial charge on any atom is -0.354 e. The third-order valence-corrected chi connectivity index (χ3v) is 6.74. The zero-order valence-electron chi connectivity index (χ0n) is 24.8. The summed E-state index contributed by atoms with van der Waals surface area (Å²) < 4.78 is 0. The minimum atomic E-state index is -1.09. The zero-order valence-corrected chi connectivity index (χ0v) is 24.8. The Kier molecular flexibility index (Phi) is 15.8. The molecule has 15 nitrogen and oxygen atoms in total. The van der Waals surface area contributed by atoms with Crippen molar-refractivity contribution in [3.8, 4) is 0 Å². The average Bonchev–Trinajstić information content (AvgIpc) is 3.20. The number of carbonyl (C=O) groups is 8. The van der Waals surface area contributed by atoms with E-state index in [1.54, 1.807) is 13.8 Å². The number of carbonyl (C=O) groups excluding carboxylic acids is 8. The molecular formula is C27H45N7O8. The van der Waals surface area contributed by atoms with Gasteiger partial charge in [0.15, 0.2) is 0 Å². The molecule has 8 amide bonds. The Balaban J connectivity index is 2.74. The van der Waals surface area contributed by atoms with Crippen molar-refractivity contribution in [2.24, 2.45) is 23.5 Å². The molecule has 0 bridgehead atoms. The number of imide groups is 1. The topological polar surface area (TPSA) is 226 Å². The van der Waals surface area contributed by atoms with Gasteiger partial charge in [-0.05, 0) is 31.1 Å². The maximum absolute atomic E-state index is 13.2. The van der Waals surface area contributed by atoms with Gasteiger partial charge in [0.05, 0.1) is 6.54 Å². The second kappa shape index (κ2) is 18.4. The number of primary amides is 1. The fourth-order valence-electron chi connectivity index (χ4n) is 4.31. The molecule has 0 saturated carbocycles. The quantitative estimate of drug-likeness (QED) is 0.0596. The Bertz CT molecular complexity index is 1000. The first kappa shape index (κ1) is 36.0. The minimum absolute atomic E-state index is 0.0260. The van der Waals surface area contributed by atoms with Crippen LogP contribution in [-0.2, 0) is 33.6 Å². The van der Waals surface area contributed by atoms with Crippen LogP contribution in [0.5, 0.6) is 0 Å². The summed E-state index contributed by atoms with van der Waals surface area (Å²) in [5, 5.41) is 12.6. The van der Waals surface area contributed by atoms with Crippen molar-refractivity contribution in [3.63, 3.8) is 0 Å². The lowest BCUT2D eigenvalue weighted by molar-refractivity contribution is -0.140. The van der Waals surface area contributed by atoms with Gasteiger partial charge in [-0.15, -0.1) is 0 Å². The predicted octanol–water partition coefficient (Wildman–Crippen LogP) is -1.31. The van der Waals surface area contributed by atoms with E-state index in [4.69, 9.17) is 5.73 Å². The Morgan fingerprint density at radius 2 is 1.62 bits per heavy atom. The van der Waals surface area contributed by atoms with Crippen LogP contribution in [-0.4, -0.2) is 90.9 Å². The molecule has 1 aliphatic heterocycles. The van der Waals surface area contributed by atoms with E-state index in [1.807, 2.05) is 13.8 Å². The molecule has 0 aromatic heterocycles. The molecule has 1 heterocycles. The molecule has 0 radical (unpaired) electrons. The van der Waals surface area contributed by atoms with Crippen molar-refractivity contribution in [1.82, 2.24) is 31.5 Å². The van der Waals surface area contributed by atoms with E-state index in [2.05, 4.69) is 26.6 Å². The molecule has 236 valence electrons. The van der Waals surface area contributed by atoms with Gasteiger partial charge in [-0.2, -0.15) is 0 Å². The van der Waals surface area contributed by atoms with Crippen molar-refractivity contribution in [1.29, 1.82) is 0 Å². The van der Waals surface area contributed by atoms with Crippen LogP contribution >= 0.6 is 0 Å². The Morgan fingerprint density at radius 3 is 2.19 bits per heavy atom. The van der Waals surface area contributed by atoms with Crippen LogP contribution in [0.1, 0.15) is 66.2 Å². The highest BCUT2D eigenvalue weighted by Crippen LogP contribution is 2.26. The monoisotopic (exact) mass is 595 g/mol. The highest BCUT2D eigenvalue weighted by atomic mass is 16.2. The molecule has 0 aliphatic carbocycles. The molecule has 1 aliphatic rings. The number of aldehydes is 1. The highest BCUT2D eigenvalue weighted by molar-refractivity contribution is 6.03. The van der Waals surface area contributed by atoms with Crippen LogP contribution in [0.3, 0.4) is 0 Å². The molecule has 1 fully saturated rings. The number of hydrogen-bond acceptors (Lipinski definition) is 8. The summed E-state index contributed by atoms with van der Waals surface area (Å²) in [6.45, 7) is 7.18. The standard InChI is InChI=1S/C27H45N7O8/c1-16(2)18-14-22(38)34(26(18)41)12-6-9-20(36)33-23(17(3)4)25(40)32-19(8-5-10-30-27(28)42)24(39)31-15-21(37)29-11-7-13-35/h13,16-19,23H,5-12,14-15H2,1-4H3,(H,29,37)(H,31,39)(H,32,40)(H,33,36)(H3,28,30,42)/t18?,19-,23-/m0/s1. The molecule has 1 rings (SSSR count). The van der Waals surface area contributed by atoms with E-state index < -0.39 is 41.7 Å². The summed E-state index contributed by atoms with van der Waals surface area (Å²) in [6, 6.07) is -2.83. The van der Waals surface area contributed by atoms with Crippen molar-refractivity contribution < 1.29 is 38.4 Å². The number of nitrogens with two attached hydrogens (primary N) is 1. The second-order valence-electron chi connectivity index (χ2n) is 10.8. The van der Waals surface area contributed by atoms with E-state index in [0.29, 0.717) is 6.29 Å². The van der Waals surface area contributed by atoms with E-state index in [0.717, 1.165) is 0 Å². The fourth-order valence-corrected chi connectivity index (χ4v) is 4.31. The van der Waals surface area contributed by atoms with Crippen LogP contribution in [0.15, 0.2) is 0 Å². The molecule has 42 heavy (non-hydrogen) atoms. The van der Waals surface area contributed by atoms with Gasteiger partial charge < -0.3 is 37.1 Å². The number of nitrogens with one attached hydrogen (secondary N) is 5. The number of urea groups is 1. The third-order valence-electron chi connectivity index (χ3n) is 6.74. The number of hydrogen-bond donors (Lipinski definition) is 6. The van der Waals surface area contributed by atoms with Crippen LogP contribution in [0.25, 0.3) is 0 Å². The summed E-state index contributed by atoms with van der Waals surface area (Å²) in [4.78, 5) is 97.8. The summed E-state index contributed by atoms with van der Waals surface area (Å²) in [5.74, 6) is -3.41. The lowest BCUT2D eigenvalue weighted by atomic mass is 9.94. The maximum atomic E-state index is 13.2. The molecule has 3 atom stereocenters. The van der Waals surface area contributed by atoms with Gasteiger partial charge in [-0.1, -0.05) is 27.7 Å². The van der Waals surface area contributed by atoms with Crippen molar-refractivity contribution in [2.75, 3.05) is 26.2 Å². The molecule has 0 spiro atoms. The summed E-state index contributed by atoms with van der Waals surface area (Å²) in [5.41, 5.74) is 5.06. The van der Waals surface area contributed by atoms with Crippen LogP contribution < -0.4 is 32.3 Å². The Morgan fingerprint density at radius 1 is 0.929 bits per heavy atom. The largest absolute Gasteiger partial charge is 0.354 e. The number of nitrogens with zero attached hydrogens (tertiary/aromatic N) is 1. The molecule has 7 N–H and O–H groups in total. The van der Waals surface area contributed by atoms with Crippen molar-refractivity contribution in [2.45, 2.75) is 78.3 Å². The smallest absolute Gasteiger partial charge is 0.312 e. The first-order valence-electron chi connectivity index (χ1n) is 14.2. The van der Waals surface area contributed by atoms with Gasteiger partial charge in [0.25, 0.3) is 0 Å². The zero-order chi connectivity index (χ0) is 31.8. The molecule has 1 saturated heterocycles. The summed E-state index contributed by atoms with van der Waals surface area (Å²) in [6.07, 6.45) is 1.51. The number of likely N-dealkylation sites (tertiary alicyclic amines) is 1. The summed E-state index contributed by atoms with van der Waals surface area (Å²) in [7, 11) is 0. The Hall–Kier alpha value is -4.04. The van der Waals surface area contributed by atoms with Gasteiger partial charge in [0.1, 0.15) is 18.4 Å². The Labute approximate surface area is 245 Å². The van der Waals surface area contributed by atoms with Gasteiger partial charge in [0.2, 0.25) is 35.4 Å². The van der Waals surface area contributed by atoms with Gasteiger partial charge >= 0.3 is 6.03 Å². The van der Waals surface area contributed by atoms with E-state index >= 15 is 0 Å². The molecule has 0 aromatic carbocycles.